The van der Waals surface area contributed by atoms with Gasteiger partial charge in [-0.25, -0.2) is 13.1 Å². The predicted molar refractivity (Wildman–Crippen MR) is 81.9 cm³/mol. The molecule has 0 radical (unpaired) electrons. The highest BCUT2D eigenvalue weighted by Gasteiger charge is 2.28. The van der Waals surface area contributed by atoms with E-state index in [9.17, 15) is 18.5 Å². The average molecular weight is 315 g/mol. The van der Waals surface area contributed by atoms with Crippen LogP contribution in [-0.2, 0) is 10.0 Å². The Morgan fingerprint density at radius 3 is 2.43 bits per heavy atom. The average Bonchev–Trinajstić information content (AvgIpc) is 2.44. The van der Waals surface area contributed by atoms with Crippen LogP contribution < -0.4 is 10.0 Å². The summed E-state index contributed by atoms with van der Waals surface area (Å²) < 4.78 is 27.3. The first-order valence-electron chi connectivity index (χ1n) is 6.71. The Bertz CT molecular complexity index is 616. The van der Waals surface area contributed by atoms with E-state index < -0.39 is 20.6 Å². The quantitative estimate of drug-likeness (QED) is 0.594. The Kier molecular flexibility index (Phi) is 5.68. The van der Waals surface area contributed by atoms with Gasteiger partial charge in [0.15, 0.2) is 4.90 Å². The molecule has 0 aliphatic rings. The molecule has 7 nitrogen and oxygen atoms in total. The highest BCUT2D eigenvalue weighted by molar-refractivity contribution is 7.89. The second-order valence-corrected chi connectivity index (χ2v) is 6.67. The van der Waals surface area contributed by atoms with E-state index in [2.05, 4.69) is 10.0 Å². The first-order valence-corrected chi connectivity index (χ1v) is 8.19. The van der Waals surface area contributed by atoms with E-state index in [0.717, 1.165) is 6.42 Å². The monoisotopic (exact) mass is 315 g/mol. The Balaban J connectivity index is 3.26. The lowest BCUT2D eigenvalue weighted by molar-refractivity contribution is -0.387. The molecule has 2 atom stereocenters. The Hall–Kier alpha value is -1.67. The summed E-state index contributed by atoms with van der Waals surface area (Å²) in [6.07, 6.45) is 0.808. The van der Waals surface area contributed by atoms with Gasteiger partial charge in [-0.3, -0.25) is 10.1 Å². The van der Waals surface area contributed by atoms with Crippen LogP contribution in [0.3, 0.4) is 0 Å². The van der Waals surface area contributed by atoms with Gasteiger partial charge in [0.2, 0.25) is 10.0 Å². The first kappa shape index (κ1) is 17.4. The van der Waals surface area contributed by atoms with Gasteiger partial charge in [-0.05, 0) is 25.0 Å². The van der Waals surface area contributed by atoms with Crippen LogP contribution in [-0.4, -0.2) is 26.4 Å². The van der Waals surface area contributed by atoms with Crippen molar-refractivity contribution in [2.75, 3.05) is 12.4 Å². The maximum absolute atomic E-state index is 12.4. The van der Waals surface area contributed by atoms with E-state index in [-0.39, 0.29) is 16.9 Å². The van der Waals surface area contributed by atoms with Crippen molar-refractivity contribution in [3.63, 3.8) is 0 Å². The molecule has 1 rings (SSSR count). The number of nitrogens with one attached hydrogen (secondary N) is 2. The lowest BCUT2D eigenvalue weighted by Crippen LogP contribution is -2.37. The van der Waals surface area contributed by atoms with E-state index in [4.69, 9.17) is 0 Å². The maximum Gasteiger partial charge on any atom is 0.289 e. The Morgan fingerprint density at radius 1 is 1.33 bits per heavy atom. The van der Waals surface area contributed by atoms with Crippen molar-refractivity contribution < 1.29 is 13.3 Å². The van der Waals surface area contributed by atoms with Gasteiger partial charge >= 0.3 is 0 Å². The van der Waals surface area contributed by atoms with Crippen LogP contribution in [0.2, 0.25) is 0 Å². The molecule has 0 saturated heterocycles. The molecule has 21 heavy (non-hydrogen) atoms. The fourth-order valence-electron chi connectivity index (χ4n) is 1.81. The van der Waals surface area contributed by atoms with E-state index >= 15 is 0 Å². The van der Waals surface area contributed by atoms with Crippen LogP contribution in [0.1, 0.15) is 27.2 Å². The smallest absolute Gasteiger partial charge is 0.289 e. The summed E-state index contributed by atoms with van der Waals surface area (Å²) in [6, 6.07) is 3.62. The molecule has 2 N–H and O–H groups in total. The predicted octanol–water partition coefficient (Wildman–Crippen LogP) is 2.35. The van der Waals surface area contributed by atoms with Crippen LogP contribution in [0, 0.1) is 16.0 Å². The fraction of sp³-hybridized carbons (Fsp3) is 0.538. The molecule has 0 heterocycles. The number of nitrogens with zero attached hydrogens (tertiary/aromatic N) is 1. The summed E-state index contributed by atoms with van der Waals surface area (Å²) in [5.41, 5.74) is 0.0648. The number of nitro benzene ring substituents is 1. The summed E-state index contributed by atoms with van der Waals surface area (Å²) in [7, 11) is -2.34. The molecule has 0 amide bonds. The third kappa shape index (κ3) is 4.15. The van der Waals surface area contributed by atoms with Crippen molar-refractivity contribution >= 4 is 21.4 Å². The zero-order chi connectivity index (χ0) is 16.2. The molecule has 118 valence electrons. The van der Waals surface area contributed by atoms with Crippen molar-refractivity contribution in [1.29, 1.82) is 0 Å². The highest BCUT2D eigenvalue weighted by Crippen LogP contribution is 2.27. The van der Waals surface area contributed by atoms with Crippen LogP contribution >= 0.6 is 0 Å². The van der Waals surface area contributed by atoms with Gasteiger partial charge in [-0.1, -0.05) is 20.3 Å². The van der Waals surface area contributed by atoms with Gasteiger partial charge < -0.3 is 5.32 Å². The molecule has 8 heteroatoms. The van der Waals surface area contributed by atoms with Crippen LogP contribution in [0.5, 0.6) is 0 Å². The van der Waals surface area contributed by atoms with Gasteiger partial charge in [0.1, 0.15) is 0 Å². The van der Waals surface area contributed by atoms with E-state index in [0.29, 0.717) is 5.69 Å². The van der Waals surface area contributed by atoms with Gasteiger partial charge in [0.05, 0.1) is 4.92 Å². The third-order valence-corrected chi connectivity index (χ3v) is 5.16. The molecule has 0 aromatic heterocycles. The van der Waals surface area contributed by atoms with Crippen molar-refractivity contribution in [3.05, 3.63) is 28.3 Å². The van der Waals surface area contributed by atoms with E-state index in [1.165, 1.54) is 18.2 Å². The second kappa shape index (κ2) is 6.86. The number of hydrogen-bond donors (Lipinski definition) is 2. The zero-order valence-electron chi connectivity index (χ0n) is 12.6. The first-order chi connectivity index (χ1) is 9.72. The highest BCUT2D eigenvalue weighted by atomic mass is 32.2. The molecule has 2 unspecified atom stereocenters. The number of sulfonamides is 1. The molecule has 0 aliphatic heterocycles. The summed E-state index contributed by atoms with van der Waals surface area (Å²) >= 11 is 0. The van der Waals surface area contributed by atoms with Gasteiger partial charge in [0, 0.05) is 24.8 Å². The summed E-state index contributed by atoms with van der Waals surface area (Å²) in [5, 5.41) is 13.8. The van der Waals surface area contributed by atoms with Gasteiger partial charge in [-0.2, -0.15) is 0 Å². The molecule has 1 aromatic carbocycles. The molecule has 0 aliphatic carbocycles. The number of hydrogen-bond acceptors (Lipinski definition) is 5. The Morgan fingerprint density at radius 2 is 1.95 bits per heavy atom. The molecule has 1 aromatic rings. The largest absolute Gasteiger partial charge is 0.388 e. The maximum atomic E-state index is 12.4. The van der Waals surface area contributed by atoms with E-state index in [1.54, 1.807) is 14.0 Å². The van der Waals surface area contributed by atoms with Crippen molar-refractivity contribution in [2.45, 2.75) is 38.1 Å². The summed E-state index contributed by atoms with van der Waals surface area (Å²) in [4.78, 5) is 10.0. The van der Waals surface area contributed by atoms with Crippen LogP contribution in [0.4, 0.5) is 11.4 Å². The van der Waals surface area contributed by atoms with Crippen LogP contribution in [0.15, 0.2) is 23.1 Å². The molecule has 0 fully saturated rings. The van der Waals surface area contributed by atoms with Crippen molar-refractivity contribution in [2.24, 2.45) is 5.92 Å². The standard InChI is InChI=1S/C13H21N3O4S/c1-5-9(2)10(3)15-21(19,20)13-8-11(14-4)6-7-12(13)16(17)18/h6-10,14-15H,5H2,1-4H3. The van der Waals surface area contributed by atoms with Gasteiger partial charge in [0.25, 0.3) is 5.69 Å². The minimum absolute atomic E-state index is 0.131. The third-order valence-electron chi connectivity index (χ3n) is 3.57. The summed E-state index contributed by atoms with van der Waals surface area (Å²) in [6.45, 7) is 5.63. The number of benzene rings is 1. The SMILES string of the molecule is CCC(C)C(C)NS(=O)(=O)c1cc(NC)ccc1[N+](=O)[O-]. The van der Waals surface area contributed by atoms with E-state index in [1.807, 2.05) is 13.8 Å². The summed E-state index contributed by atoms with van der Waals surface area (Å²) in [5.74, 6) is 0.131. The Labute approximate surface area is 124 Å². The van der Waals surface area contributed by atoms with Crippen molar-refractivity contribution in [3.8, 4) is 0 Å². The molecule has 0 saturated carbocycles. The topological polar surface area (TPSA) is 101 Å². The molecule has 0 bridgehead atoms. The van der Waals surface area contributed by atoms with Crippen LogP contribution in [0.25, 0.3) is 0 Å². The number of anilines is 1. The van der Waals surface area contributed by atoms with Crippen molar-refractivity contribution in [1.82, 2.24) is 4.72 Å². The molecular weight excluding hydrogens is 294 g/mol. The fourth-order valence-corrected chi connectivity index (χ4v) is 3.36. The number of nitro groups is 1. The minimum Gasteiger partial charge on any atom is -0.388 e. The zero-order valence-corrected chi connectivity index (χ0v) is 13.4. The molecule has 0 spiro atoms. The normalized spacial score (nSPS) is 14.5. The van der Waals surface area contributed by atoms with Gasteiger partial charge in [-0.15, -0.1) is 0 Å². The minimum atomic E-state index is -3.95. The lowest BCUT2D eigenvalue weighted by atomic mass is 10.0. The molecular formula is C13H21N3O4S. The lowest BCUT2D eigenvalue weighted by Gasteiger charge is -2.20. The second-order valence-electron chi connectivity index (χ2n) is 4.99. The number of rotatable bonds is 7.